The first-order chi connectivity index (χ1) is 13.6. The zero-order chi connectivity index (χ0) is 21.6. The van der Waals surface area contributed by atoms with E-state index in [0.29, 0.717) is 13.1 Å². The van der Waals surface area contributed by atoms with E-state index in [1.807, 2.05) is 13.8 Å². The summed E-state index contributed by atoms with van der Waals surface area (Å²) in [4.78, 5) is 34.8. The number of rotatable bonds is 7. The van der Waals surface area contributed by atoms with Crippen molar-refractivity contribution in [2.24, 2.45) is 11.8 Å². The highest BCUT2D eigenvalue weighted by atomic mass is 32.2. The molecule has 1 aliphatic heterocycles. The van der Waals surface area contributed by atoms with E-state index in [2.05, 4.69) is 10.6 Å². The Bertz CT molecular complexity index is 843. The van der Waals surface area contributed by atoms with Crippen LogP contribution in [0.2, 0.25) is 0 Å². The monoisotopic (exact) mass is 425 g/mol. The molecule has 0 radical (unpaired) electrons. The molecule has 1 aromatic carbocycles. The Balaban J connectivity index is 1.96. The van der Waals surface area contributed by atoms with Gasteiger partial charge in [0, 0.05) is 20.1 Å². The minimum absolute atomic E-state index is 0.110. The number of hydrogen-bond donors (Lipinski definition) is 2. The first kappa shape index (κ1) is 22.8. The van der Waals surface area contributed by atoms with Crippen LogP contribution in [0.3, 0.4) is 0 Å². The highest BCUT2D eigenvalue weighted by Crippen LogP contribution is 2.26. The third-order valence-corrected chi connectivity index (χ3v) is 6.47. The second-order valence-corrected chi connectivity index (χ2v) is 9.26. The molecule has 2 atom stereocenters. The molecule has 2 N–H and O–H groups in total. The summed E-state index contributed by atoms with van der Waals surface area (Å²) in [6.45, 7) is 4.25. The van der Waals surface area contributed by atoms with Crippen LogP contribution in [0.15, 0.2) is 29.2 Å². The van der Waals surface area contributed by atoms with Crippen molar-refractivity contribution < 1.29 is 27.5 Å². The molecule has 1 aliphatic rings. The maximum Gasteiger partial charge on any atom is 0.338 e. The summed E-state index contributed by atoms with van der Waals surface area (Å²) in [7, 11) is -2.20. The Labute approximate surface area is 170 Å². The molecule has 0 aliphatic carbocycles. The van der Waals surface area contributed by atoms with Crippen molar-refractivity contribution in [3.63, 3.8) is 0 Å². The van der Waals surface area contributed by atoms with E-state index in [4.69, 9.17) is 4.74 Å². The minimum Gasteiger partial charge on any atom is -0.452 e. The Morgan fingerprint density at radius 3 is 2.21 bits per heavy atom. The van der Waals surface area contributed by atoms with Crippen molar-refractivity contribution in [2.75, 3.05) is 33.3 Å². The lowest BCUT2D eigenvalue weighted by Crippen LogP contribution is -2.42. The maximum atomic E-state index is 12.9. The maximum absolute atomic E-state index is 12.9. The molecule has 0 aromatic heterocycles. The minimum atomic E-state index is -3.63. The van der Waals surface area contributed by atoms with Gasteiger partial charge in [0.1, 0.15) is 0 Å². The van der Waals surface area contributed by atoms with Crippen molar-refractivity contribution in [3.05, 3.63) is 29.8 Å². The van der Waals surface area contributed by atoms with E-state index in [-0.39, 0.29) is 34.7 Å². The summed E-state index contributed by atoms with van der Waals surface area (Å²) in [5.74, 6) is -1.17. The molecule has 160 valence electrons. The molecule has 10 heteroatoms. The fourth-order valence-corrected chi connectivity index (χ4v) is 4.93. The molecular weight excluding hydrogens is 398 g/mol. The van der Waals surface area contributed by atoms with Gasteiger partial charge in [-0.25, -0.2) is 13.2 Å². The largest absolute Gasteiger partial charge is 0.452 e. The topological polar surface area (TPSA) is 122 Å². The average molecular weight is 426 g/mol. The average Bonchev–Trinajstić information content (AvgIpc) is 2.69. The summed E-state index contributed by atoms with van der Waals surface area (Å²) >= 11 is 0. The van der Waals surface area contributed by atoms with Gasteiger partial charge < -0.3 is 15.4 Å². The van der Waals surface area contributed by atoms with Crippen molar-refractivity contribution in [2.45, 2.75) is 25.2 Å². The number of carbonyl (C=O) groups excluding carboxylic acids is 3. The first-order valence-corrected chi connectivity index (χ1v) is 10.8. The highest BCUT2D eigenvalue weighted by molar-refractivity contribution is 7.89. The van der Waals surface area contributed by atoms with Crippen molar-refractivity contribution >= 4 is 27.8 Å². The van der Waals surface area contributed by atoms with E-state index in [1.165, 1.54) is 35.6 Å². The van der Waals surface area contributed by atoms with Crippen molar-refractivity contribution in [1.29, 1.82) is 0 Å². The summed E-state index contributed by atoms with van der Waals surface area (Å²) in [6.07, 6.45) is 0.994. The number of nitrogens with one attached hydrogen (secondary N) is 2. The number of likely N-dealkylation sites (N-methyl/N-ethyl adjacent to an activating group) is 1. The zero-order valence-electron chi connectivity index (χ0n) is 16.8. The number of nitrogens with zero attached hydrogens (tertiary/aromatic N) is 1. The molecule has 1 fully saturated rings. The van der Waals surface area contributed by atoms with Crippen molar-refractivity contribution in [3.8, 4) is 0 Å². The Kier molecular flexibility index (Phi) is 7.74. The van der Waals surface area contributed by atoms with Gasteiger partial charge in [-0.2, -0.15) is 4.31 Å². The summed E-state index contributed by atoms with van der Waals surface area (Å²) < 4.78 is 32.1. The number of carbonyl (C=O) groups is 3. The zero-order valence-corrected chi connectivity index (χ0v) is 17.6. The fraction of sp³-hybridized carbons (Fsp3) is 0.526. The Morgan fingerprint density at radius 1 is 1.07 bits per heavy atom. The number of hydrogen-bond acceptors (Lipinski definition) is 6. The summed E-state index contributed by atoms with van der Waals surface area (Å²) in [5.41, 5.74) is 0.128. The van der Waals surface area contributed by atoms with E-state index in [9.17, 15) is 22.8 Å². The lowest BCUT2D eigenvalue weighted by Gasteiger charge is -2.34. The van der Waals surface area contributed by atoms with E-state index in [0.717, 1.165) is 6.42 Å². The van der Waals surface area contributed by atoms with Gasteiger partial charge in [-0.1, -0.05) is 13.8 Å². The highest BCUT2D eigenvalue weighted by Gasteiger charge is 2.31. The van der Waals surface area contributed by atoms with Crippen molar-refractivity contribution in [1.82, 2.24) is 14.9 Å². The molecule has 2 amide bonds. The summed E-state index contributed by atoms with van der Waals surface area (Å²) in [5, 5.41) is 4.64. The van der Waals surface area contributed by atoms with Crippen LogP contribution in [0.1, 0.15) is 30.6 Å². The predicted molar refractivity (Wildman–Crippen MR) is 106 cm³/mol. The van der Waals surface area contributed by atoms with Crippen LogP contribution >= 0.6 is 0 Å². The Morgan fingerprint density at radius 2 is 1.66 bits per heavy atom. The number of ether oxygens (including phenoxy) is 1. The second-order valence-electron chi connectivity index (χ2n) is 7.32. The van der Waals surface area contributed by atoms with E-state index < -0.39 is 28.5 Å². The second kappa shape index (κ2) is 9.84. The van der Waals surface area contributed by atoms with Crippen LogP contribution in [0.5, 0.6) is 0 Å². The number of amides is 2. The lowest BCUT2D eigenvalue weighted by molar-refractivity contribution is -0.127. The molecule has 0 unspecified atom stereocenters. The summed E-state index contributed by atoms with van der Waals surface area (Å²) in [6, 6.07) is 5.44. The molecule has 1 heterocycles. The standard InChI is InChI=1S/C19H27N3O6S/c1-13-8-14(2)11-22(10-13)29(26,27)16-6-4-15(5-7-16)19(25)28-12-18(24)21-9-17(23)20-3/h4-7,13-14H,8-12H2,1-3H3,(H,20,23)(H,21,24)/t13-,14-/m0/s1. The molecule has 0 saturated carbocycles. The molecule has 0 spiro atoms. The number of esters is 1. The third-order valence-electron chi connectivity index (χ3n) is 4.62. The van der Waals surface area contributed by atoms with Crippen LogP contribution in [0.25, 0.3) is 0 Å². The SMILES string of the molecule is CNC(=O)CNC(=O)COC(=O)c1ccc(S(=O)(=O)N2C[C@@H](C)C[C@H](C)C2)cc1. The van der Waals surface area contributed by atoms with Crippen LogP contribution in [-0.4, -0.2) is 63.8 Å². The van der Waals surface area contributed by atoms with Gasteiger partial charge in [0.15, 0.2) is 6.61 Å². The Hall–Kier alpha value is -2.46. The normalized spacial score (nSPS) is 20.0. The van der Waals surface area contributed by atoms with Crippen LogP contribution in [0, 0.1) is 11.8 Å². The van der Waals surface area contributed by atoms with E-state index >= 15 is 0 Å². The van der Waals surface area contributed by atoms with E-state index in [1.54, 1.807) is 0 Å². The van der Waals surface area contributed by atoms with Gasteiger partial charge in [0.2, 0.25) is 15.9 Å². The molecule has 0 bridgehead atoms. The van der Waals surface area contributed by atoms with Gasteiger partial charge >= 0.3 is 5.97 Å². The van der Waals surface area contributed by atoms with Crippen LogP contribution in [-0.2, 0) is 24.3 Å². The van der Waals surface area contributed by atoms with Crippen LogP contribution in [0.4, 0.5) is 0 Å². The predicted octanol–water partition coefficient (Wildman–Crippen LogP) is 0.372. The number of piperidine rings is 1. The third kappa shape index (κ3) is 6.26. The van der Waals surface area contributed by atoms with Crippen LogP contribution < -0.4 is 10.6 Å². The number of benzene rings is 1. The van der Waals surface area contributed by atoms with Gasteiger partial charge in [-0.3, -0.25) is 9.59 Å². The lowest BCUT2D eigenvalue weighted by atomic mass is 9.94. The fourth-order valence-electron chi connectivity index (χ4n) is 3.25. The first-order valence-electron chi connectivity index (χ1n) is 9.38. The molecule has 1 aromatic rings. The quantitative estimate of drug-likeness (QED) is 0.609. The van der Waals surface area contributed by atoms with Gasteiger partial charge in [0.25, 0.3) is 5.91 Å². The smallest absolute Gasteiger partial charge is 0.338 e. The molecule has 2 rings (SSSR count). The molecule has 1 saturated heterocycles. The van der Waals surface area contributed by atoms with Gasteiger partial charge in [-0.05, 0) is 42.5 Å². The molecule has 29 heavy (non-hydrogen) atoms. The molecular formula is C19H27N3O6S. The van der Waals surface area contributed by atoms with Gasteiger partial charge in [0.05, 0.1) is 17.0 Å². The number of sulfonamides is 1. The molecule has 9 nitrogen and oxygen atoms in total. The van der Waals surface area contributed by atoms with Gasteiger partial charge in [-0.15, -0.1) is 0 Å².